The van der Waals surface area contributed by atoms with Crippen molar-refractivity contribution in [2.45, 2.75) is 25.2 Å². The lowest BCUT2D eigenvalue weighted by atomic mass is 10.0. The van der Waals surface area contributed by atoms with Crippen LogP contribution in [0.1, 0.15) is 16.7 Å². The molecule has 0 radical (unpaired) electrons. The highest BCUT2D eigenvalue weighted by Crippen LogP contribution is 2.25. The Kier molecular flexibility index (Phi) is 5.86. The van der Waals surface area contributed by atoms with Crippen molar-refractivity contribution < 1.29 is 18.7 Å². The first-order chi connectivity index (χ1) is 13.0. The van der Waals surface area contributed by atoms with Gasteiger partial charge >= 0.3 is 5.97 Å². The maximum absolute atomic E-state index is 12.1. The number of benzene rings is 2. The zero-order valence-electron chi connectivity index (χ0n) is 15.5. The maximum Gasteiger partial charge on any atom is 0.310 e. The third-order valence-corrected chi connectivity index (χ3v) is 5.09. The van der Waals surface area contributed by atoms with Crippen LogP contribution in [-0.4, -0.2) is 24.7 Å². The number of anilines is 1. The molecule has 0 saturated heterocycles. The Labute approximate surface area is 162 Å². The van der Waals surface area contributed by atoms with Gasteiger partial charge in [0.15, 0.2) is 6.61 Å². The predicted molar refractivity (Wildman–Crippen MR) is 107 cm³/mol. The first kappa shape index (κ1) is 19.0. The van der Waals surface area contributed by atoms with Crippen LogP contribution in [-0.2, 0) is 20.7 Å². The van der Waals surface area contributed by atoms with Crippen LogP contribution < -0.4 is 5.32 Å². The molecule has 0 saturated carbocycles. The van der Waals surface area contributed by atoms with Gasteiger partial charge in [-0.05, 0) is 67.6 Å². The minimum absolute atomic E-state index is 0.0607. The van der Waals surface area contributed by atoms with Gasteiger partial charge in [-0.3, -0.25) is 9.59 Å². The van der Waals surface area contributed by atoms with Gasteiger partial charge in [0.05, 0.1) is 12.7 Å². The van der Waals surface area contributed by atoms with Crippen molar-refractivity contribution in [2.24, 2.45) is 0 Å². The average molecular weight is 383 g/mol. The summed E-state index contributed by atoms with van der Waals surface area (Å²) >= 11 is 1.62. The summed E-state index contributed by atoms with van der Waals surface area (Å²) < 4.78 is 10.6. The normalized spacial score (nSPS) is 10.8. The summed E-state index contributed by atoms with van der Waals surface area (Å²) in [6, 6.07) is 11.4. The van der Waals surface area contributed by atoms with Crippen LogP contribution in [0.15, 0.2) is 52.0 Å². The number of carbonyl (C=O) groups excluding carboxylic acids is 2. The van der Waals surface area contributed by atoms with E-state index in [-0.39, 0.29) is 18.9 Å². The molecule has 1 amide bonds. The van der Waals surface area contributed by atoms with E-state index in [1.807, 2.05) is 56.5 Å². The number of amides is 1. The van der Waals surface area contributed by atoms with Gasteiger partial charge in [0.25, 0.3) is 5.91 Å². The molecular formula is C21H21NO4S. The second-order valence-corrected chi connectivity index (χ2v) is 7.19. The monoisotopic (exact) mass is 383 g/mol. The van der Waals surface area contributed by atoms with Gasteiger partial charge in [-0.2, -0.15) is 0 Å². The molecule has 3 aromatic rings. The topological polar surface area (TPSA) is 68.5 Å². The van der Waals surface area contributed by atoms with Crippen LogP contribution in [0.25, 0.3) is 11.0 Å². The van der Waals surface area contributed by atoms with E-state index in [0.29, 0.717) is 5.69 Å². The summed E-state index contributed by atoms with van der Waals surface area (Å²) in [6.07, 6.45) is 3.61. The van der Waals surface area contributed by atoms with Gasteiger partial charge in [0.2, 0.25) is 0 Å². The number of hydrogen-bond donors (Lipinski definition) is 1. The van der Waals surface area contributed by atoms with Gasteiger partial charge in [-0.25, -0.2) is 0 Å². The van der Waals surface area contributed by atoms with Crippen LogP contribution in [0, 0.1) is 13.8 Å². The number of ether oxygens (including phenoxy) is 1. The third-order valence-electron chi connectivity index (χ3n) is 4.34. The van der Waals surface area contributed by atoms with Crippen molar-refractivity contribution in [3.05, 3.63) is 59.4 Å². The fraction of sp³-hybridized carbons (Fsp3) is 0.238. The zero-order valence-corrected chi connectivity index (χ0v) is 16.3. The molecule has 0 aliphatic heterocycles. The number of furan rings is 1. The van der Waals surface area contributed by atoms with E-state index in [9.17, 15) is 9.59 Å². The maximum atomic E-state index is 12.1. The number of hydrogen-bond acceptors (Lipinski definition) is 5. The largest absolute Gasteiger partial charge is 0.464 e. The van der Waals surface area contributed by atoms with Crippen molar-refractivity contribution in [3.63, 3.8) is 0 Å². The molecule has 3 rings (SSSR count). The smallest absolute Gasteiger partial charge is 0.310 e. The van der Waals surface area contributed by atoms with Gasteiger partial charge < -0.3 is 14.5 Å². The number of fused-ring (bicyclic) bond motifs is 1. The molecule has 5 nitrogen and oxygen atoms in total. The number of rotatable bonds is 6. The molecule has 0 spiro atoms. The molecule has 27 heavy (non-hydrogen) atoms. The van der Waals surface area contributed by atoms with Crippen LogP contribution >= 0.6 is 11.8 Å². The molecule has 1 aromatic heterocycles. The first-order valence-electron chi connectivity index (χ1n) is 8.53. The molecule has 0 fully saturated rings. The standard InChI is InChI=1S/C21H21NO4S/c1-13-8-18-15(11-25-19(18)9-14(13)2)10-21(24)26-12-20(23)22-16-4-6-17(27-3)7-5-16/h4-9,11H,10,12H2,1-3H3,(H,22,23). The first-order valence-corrected chi connectivity index (χ1v) is 9.75. The van der Waals surface area contributed by atoms with Gasteiger partial charge in [-0.1, -0.05) is 0 Å². The van der Waals surface area contributed by atoms with Crippen molar-refractivity contribution in [2.75, 3.05) is 18.2 Å². The molecular weight excluding hydrogens is 362 g/mol. The van der Waals surface area contributed by atoms with Gasteiger partial charge in [-0.15, -0.1) is 11.8 Å². The molecule has 140 valence electrons. The SMILES string of the molecule is CSc1ccc(NC(=O)COC(=O)Cc2coc3cc(C)c(C)cc23)cc1. The molecule has 0 aliphatic carbocycles. The van der Waals surface area contributed by atoms with E-state index in [1.54, 1.807) is 18.0 Å². The molecule has 6 heteroatoms. The number of esters is 1. The minimum Gasteiger partial charge on any atom is -0.464 e. The van der Waals surface area contributed by atoms with E-state index in [0.717, 1.165) is 32.6 Å². The van der Waals surface area contributed by atoms with Gasteiger partial charge in [0, 0.05) is 21.5 Å². The number of carbonyl (C=O) groups is 2. The molecule has 2 aromatic carbocycles. The van der Waals surface area contributed by atoms with Crippen LogP contribution in [0.2, 0.25) is 0 Å². The van der Waals surface area contributed by atoms with Crippen molar-refractivity contribution in [3.8, 4) is 0 Å². The van der Waals surface area contributed by atoms with Crippen molar-refractivity contribution >= 4 is 40.3 Å². The molecule has 1 N–H and O–H groups in total. The lowest BCUT2D eigenvalue weighted by molar-refractivity contribution is -0.146. The number of nitrogens with one attached hydrogen (secondary N) is 1. The summed E-state index contributed by atoms with van der Waals surface area (Å²) in [6.45, 7) is 3.70. The van der Waals surface area contributed by atoms with E-state index < -0.39 is 5.97 Å². The Morgan fingerprint density at radius 1 is 1.11 bits per heavy atom. The van der Waals surface area contributed by atoms with E-state index in [2.05, 4.69) is 5.32 Å². The Morgan fingerprint density at radius 2 is 1.81 bits per heavy atom. The highest BCUT2D eigenvalue weighted by molar-refractivity contribution is 7.98. The highest BCUT2D eigenvalue weighted by Gasteiger charge is 2.14. The summed E-state index contributed by atoms with van der Waals surface area (Å²) in [4.78, 5) is 25.2. The Morgan fingerprint density at radius 3 is 2.52 bits per heavy atom. The quantitative estimate of drug-likeness (QED) is 0.501. The van der Waals surface area contributed by atoms with Crippen LogP contribution in [0.4, 0.5) is 5.69 Å². The predicted octanol–water partition coefficient (Wildman–Crippen LogP) is 4.50. The highest BCUT2D eigenvalue weighted by atomic mass is 32.2. The van der Waals surface area contributed by atoms with Crippen molar-refractivity contribution in [1.82, 2.24) is 0 Å². The summed E-state index contributed by atoms with van der Waals surface area (Å²) in [5.41, 5.74) is 4.43. The molecule has 1 heterocycles. The average Bonchev–Trinajstić information content (AvgIpc) is 3.02. The summed E-state index contributed by atoms with van der Waals surface area (Å²) in [7, 11) is 0. The number of aryl methyl sites for hydroxylation is 2. The molecule has 0 unspecified atom stereocenters. The Bertz CT molecular complexity index is 976. The number of thioether (sulfide) groups is 1. The van der Waals surface area contributed by atoms with E-state index in [1.165, 1.54) is 0 Å². The van der Waals surface area contributed by atoms with E-state index >= 15 is 0 Å². The molecule has 0 atom stereocenters. The lowest BCUT2D eigenvalue weighted by Gasteiger charge is -2.07. The van der Waals surface area contributed by atoms with Crippen LogP contribution in [0.3, 0.4) is 0 Å². The Hall–Kier alpha value is -2.73. The van der Waals surface area contributed by atoms with Crippen LogP contribution in [0.5, 0.6) is 0 Å². The zero-order chi connectivity index (χ0) is 19.4. The minimum atomic E-state index is -0.469. The van der Waals surface area contributed by atoms with Gasteiger partial charge in [0.1, 0.15) is 5.58 Å². The fourth-order valence-electron chi connectivity index (χ4n) is 2.70. The molecule has 0 aliphatic rings. The van der Waals surface area contributed by atoms with Crippen molar-refractivity contribution in [1.29, 1.82) is 0 Å². The fourth-order valence-corrected chi connectivity index (χ4v) is 3.11. The Balaban J connectivity index is 1.55. The lowest BCUT2D eigenvalue weighted by Crippen LogP contribution is -2.21. The second-order valence-electron chi connectivity index (χ2n) is 6.31. The summed E-state index contributed by atoms with van der Waals surface area (Å²) in [5.74, 6) is -0.840. The second kappa shape index (κ2) is 8.31. The summed E-state index contributed by atoms with van der Waals surface area (Å²) in [5, 5.41) is 3.60. The third kappa shape index (κ3) is 4.71. The van der Waals surface area contributed by atoms with E-state index in [4.69, 9.17) is 9.15 Å². The molecule has 0 bridgehead atoms.